The minimum Gasteiger partial charge on any atom is -0.349 e. The Morgan fingerprint density at radius 2 is 1.92 bits per heavy atom. The SMILES string of the molecule is Cn1c(=O)n(CC(C)(C)C)c2ccc(C3CCC(C)(C)C(NC(=O)c4cccc5ncccc45)C3)nc21. The van der Waals surface area contributed by atoms with Crippen molar-refractivity contribution in [2.24, 2.45) is 17.9 Å². The summed E-state index contributed by atoms with van der Waals surface area (Å²) in [4.78, 5) is 35.8. The van der Waals surface area contributed by atoms with Crippen LogP contribution in [0, 0.1) is 10.8 Å². The molecule has 0 spiro atoms. The lowest BCUT2D eigenvalue weighted by atomic mass is 9.68. The van der Waals surface area contributed by atoms with Crippen molar-refractivity contribution < 1.29 is 4.79 Å². The lowest BCUT2D eigenvalue weighted by Gasteiger charge is -2.42. The molecule has 1 fully saturated rings. The second kappa shape index (κ2) is 9.12. The molecule has 5 rings (SSSR count). The molecular formula is C30H37N5O2. The maximum Gasteiger partial charge on any atom is 0.330 e. The number of aromatic nitrogens is 4. The van der Waals surface area contributed by atoms with E-state index in [1.165, 1.54) is 0 Å². The molecule has 3 aromatic heterocycles. The average molecular weight is 500 g/mol. The number of aryl methyl sites for hydroxylation is 1. The van der Waals surface area contributed by atoms with E-state index >= 15 is 0 Å². The summed E-state index contributed by atoms with van der Waals surface area (Å²) in [5.74, 6) is 0.139. The highest BCUT2D eigenvalue weighted by molar-refractivity contribution is 6.06. The molecular weight excluding hydrogens is 462 g/mol. The maximum absolute atomic E-state index is 13.4. The standard InChI is InChI=1S/C30H37N5O2/c1-29(2,3)18-35-24-13-12-22(32-26(24)34(6)28(35)37)19-14-15-30(4,5)25(17-19)33-27(36)21-9-7-11-23-20(21)10-8-16-31-23/h7-13,16,19,25H,14-15,17-18H2,1-6H3,(H,33,36). The Kier molecular flexibility index (Phi) is 6.21. The summed E-state index contributed by atoms with van der Waals surface area (Å²) in [6, 6.07) is 13.6. The van der Waals surface area contributed by atoms with Gasteiger partial charge < -0.3 is 5.32 Å². The molecule has 1 saturated carbocycles. The van der Waals surface area contributed by atoms with Crippen LogP contribution in [0.1, 0.15) is 75.9 Å². The fourth-order valence-electron chi connectivity index (χ4n) is 5.64. The number of nitrogens with one attached hydrogen (secondary N) is 1. The van der Waals surface area contributed by atoms with Crippen molar-refractivity contribution >= 4 is 28.0 Å². The third-order valence-electron chi connectivity index (χ3n) is 7.85. The highest BCUT2D eigenvalue weighted by atomic mass is 16.2. The molecule has 0 radical (unpaired) electrons. The van der Waals surface area contributed by atoms with Gasteiger partial charge in [-0.2, -0.15) is 0 Å². The van der Waals surface area contributed by atoms with Crippen LogP contribution in [0.3, 0.4) is 0 Å². The number of carbonyl (C=O) groups excluding carboxylic acids is 1. The third-order valence-corrected chi connectivity index (χ3v) is 7.85. The van der Waals surface area contributed by atoms with Crippen molar-refractivity contribution in [3.8, 4) is 0 Å². The first kappa shape index (κ1) is 25.2. The van der Waals surface area contributed by atoms with Crippen LogP contribution in [-0.2, 0) is 13.6 Å². The zero-order valence-electron chi connectivity index (χ0n) is 22.7. The van der Waals surface area contributed by atoms with Crippen LogP contribution in [0.2, 0.25) is 0 Å². The lowest BCUT2D eigenvalue weighted by Crippen LogP contribution is -2.48. The van der Waals surface area contributed by atoms with Crippen molar-refractivity contribution in [3.05, 3.63) is 70.4 Å². The van der Waals surface area contributed by atoms with Gasteiger partial charge in [0.15, 0.2) is 5.65 Å². The van der Waals surface area contributed by atoms with Crippen LogP contribution >= 0.6 is 0 Å². The summed E-state index contributed by atoms with van der Waals surface area (Å²) >= 11 is 0. The predicted molar refractivity (Wildman–Crippen MR) is 148 cm³/mol. The lowest BCUT2D eigenvalue weighted by molar-refractivity contribution is 0.0838. The molecule has 4 aromatic rings. The molecule has 194 valence electrons. The van der Waals surface area contributed by atoms with Gasteiger partial charge in [-0.1, -0.05) is 46.8 Å². The van der Waals surface area contributed by atoms with Crippen molar-refractivity contribution in [1.29, 1.82) is 0 Å². The zero-order chi connectivity index (χ0) is 26.5. The van der Waals surface area contributed by atoms with E-state index in [0.29, 0.717) is 12.1 Å². The van der Waals surface area contributed by atoms with E-state index in [1.807, 2.05) is 41.0 Å². The van der Waals surface area contributed by atoms with E-state index in [2.05, 4.69) is 51.0 Å². The highest BCUT2D eigenvalue weighted by Gasteiger charge is 2.38. The molecule has 7 nitrogen and oxygen atoms in total. The van der Waals surface area contributed by atoms with Crippen LogP contribution in [-0.4, -0.2) is 31.1 Å². The van der Waals surface area contributed by atoms with Crippen LogP contribution < -0.4 is 11.0 Å². The van der Waals surface area contributed by atoms with E-state index in [4.69, 9.17) is 4.98 Å². The Hall–Kier alpha value is -3.48. The predicted octanol–water partition coefficient (Wildman–Crippen LogP) is 5.42. The minimum atomic E-state index is -0.0672. The molecule has 1 aromatic carbocycles. The van der Waals surface area contributed by atoms with Gasteiger partial charge in [0.2, 0.25) is 0 Å². The largest absolute Gasteiger partial charge is 0.349 e. The van der Waals surface area contributed by atoms with E-state index in [-0.39, 0.29) is 34.4 Å². The molecule has 2 unspecified atom stereocenters. The smallest absolute Gasteiger partial charge is 0.330 e. The van der Waals surface area contributed by atoms with E-state index in [0.717, 1.165) is 47.0 Å². The quantitative estimate of drug-likeness (QED) is 0.406. The molecule has 37 heavy (non-hydrogen) atoms. The third kappa shape index (κ3) is 4.79. The number of fused-ring (bicyclic) bond motifs is 2. The van der Waals surface area contributed by atoms with Gasteiger partial charge in [-0.25, -0.2) is 9.78 Å². The number of imidazole rings is 1. The highest BCUT2D eigenvalue weighted by Crippen LogP contribution is 2.42. The second-order valence-corrected chi connectivity index (χ2v) is 12.4. The van der Waals surface area contributed by atoms with Gasteiger partial charge in [-0.05, 0) is 60.4 Å². The molecule has 0 aliphatic heterocycles. The summed E-state index contributed by atoms with van der Waals surface area (Å²) in [6.07, 6.45) is 4.52. The molecule has 1 amide bonds. The Labute approximate surface area is 217 Å². The van der Waals surface area contributed by atoms with E-state index < -0.39 is 0 Å². The molecule has 7 heteroatoms. The molecule has 3 heterocycles. The van der Waals surface area contributed by atoms with Crippen molar-refractivity contribution in [2.45, 2.75) is 72.4 Å². The average Bonchev–Trinajstić information content (AvgIpc) is 3.08. The van der Waals surface area contributed by atoms with Crippen LogP contribution in [0.25, 0.3) is 22.1 Å². The van der Waals surface area contributed by atoms with Crippen molar-refractivity contribution in [1.82, 2.24) is 24.4 Å². The van der Waals surface area contributed by atoms with E-state index in [1.54, 1.807) is 17.8 Å². The van der Waals surface area contributed by atoms with Gasteiger partial charge in [-0.15, -0.1) is 0 Å². The van der Waals surface area contributed by atoms with Gasteiger partial charge in [-0.3, -0.25) is 18.9 Å². The first-order valence-electron chi connectivity index (χ1n) is 13.2. The second-order valence-electron chi connectivity index (χ2n) is 12.4. The normalized spacial score (nSPS) is 19.8. The first-order chi connectivity index (χ1) is 17.4. The minimum absolute atomic E-state index is 0.00233. The van der Waals surface area contributed by atoms with Crippen LogP contribution in [0.5, 0.6) is 0 Å². The molecule has 2 atom stereocenters. The fraction of sp³-hybridized carbons (Fsp3) is 0.467. The van der Waals surface area contributed by atoms with Crippen molar-refractivity contribution in [2.75, 3.05) is 0 Å². The number of pyridine rings is 2. The van der Waals surface area contributed by atoms with Crippen LogP contribution in [0.15, 0.2) is 53.5 Å². The molecule has 1 N–H and O–H groups in total. The van der Waals surface area contributed by atoms with Gasteiger partial charge in [0, 0.05) is 48.4 Å². The Morgan fingerprint density at radius 3 is 2.68 bits per heavy atom. The number of hydrogen-bond acceptors (Lipinski definition) is 4. The summed E-state index contributed by atoms with van der Waals surface area (Å²) in [7, 11) is 1.80. The maximum atomic E-state index is 13.4. The van der Waals surface area contributed by atoms with Crippen LogP contribution in [0.4, 0.5) is 0 Å². The summed E-state index contributed by atoms with van der Waals surface area (Å²) in [6.45, 7) is 11.5. The number of nitrogens with zero attached hydrogens (tertiary/aromatic N) is 4. The monoisotopic (exact) mass is 499 g/mol. The Balaban J connectivity index is 1.42. The molecule has 1 aliphatic carbocycles. The number of rotatable bonds is 4. The van der Waals surface area contributed by atoms with Gasteiger partial charge >= 0.3 is 5.69 Å². The number of amides is 1. The molecule has 1 aliphatic rings. The first-order valence-corrected chi connectivity index (χ1v) is 13.2. The Morgan fingerprint density at radius 1 is 1.14 bits per heavy atom. The summed E-state index contributed by atoms with van der Waals surface area (Å²) < 4.78 is 3.49. The van der Waals surface area contributed by atoms with E-state index in [9.17, 15) is 9.59 Å². The topological polar surface area (TPSA) is 81.8 Å². The van der Waals surface area contributed by atoms with Gasteiger partial charge in [0.1, 0.15) is 0 Å². The molecule has 0 saturated heterocycles. The number of carbonyl (C=O) groups is 1. The summed E-state index contributed by atoms with van der Waals surface area (Å²) in [5, 5.41) is 4.21. The summed E-state index contributed by atoms with van der Waals surface area (Å²) in [5.41, 5.74) is 3.96. The Bertz CT molecular complexity index is 1530. The zero-order valence-corrected chi connectivity index (χ0v) is 22.7. The van der Waals surface area contributed by atoms with Crippen molar-refractivity contribution in [3.63, 3.8) is 0 Å². The van der Waals surface area contributed by atoms with Gasteiger partial charge in [0.25, 0.3) is 5.91 Å². The number of benzene rings is 1. The molecule has 0 bridgehead atoms. The number of hydrogen-bond donors (Lipinski definition) is 1. The fourth-order valence-corrected chi connectivity index (χ4v) is 5.64. The van der Waals surface area contributed by atoms with Gasteiger partial charge in [0.05, 0.1) is 11.0 Å².